The average molecular weight is 374 g/mol. The molecule has 2 aliphatic carbocycles. The van der Waals surface area contributed by atoms with Crippen molar-refractivity contribution in [1.82, 2.24) is 10.3 Å². The highest BCUT2D eigenvalue weighted by Gasteiger charge is 2.43. The first-order valence-corrected chi connectivity index (χ1v) is 8.26. The van der Waals surface area contributed by atoms with Gasteiger partial charge in [-0.1, -0.05) is 6.42 Å². The quantitative estimate of drug-likeness (QED) is 0.854. The van der Waals surface area contributed by atoms with Crippen molar-refractivity contribution in [3.8, 4) is 0 Å². The molecule has 0 spiro atoms. The minimum absolute atomic E-state index is 0.391. The summed E-state index contributed by atoms with van der Waals surface area (Å²) in [4.78, 5) is 4.62. The number of halogens is 2. The first kappa shape index (κ1) is 13.1. The normalized spacial score (nSPS) is 31.8. The average Bonchev–Trinajstić information content (AvgIpc) is 2.95. The topological polar surface area (TPSA) is 24.9 Å². The van der Waals surface area contributed by atoms with E-state index in [1.54, 1.807) is 0 Å². The molecule has 2 saturated carbocycles. The molecule has 98 valence electrons. The van der Waals surface area contributed by atoms with Gasteiger partial charge in [0.05, 0.1) is 11.7 Å². The summed E-state index contributed by atoms with van der Waals surface area (Å²) in [5.74, 6) is 2.65. The Balaban J connectivity index is 1.88. The first-order valence-electron chi connectivity index (χ1n) is 6.67. The van der Waals surface area contributed by atoms with E-state index < -0.39 is 0 Å². The molecule has 1 heterocycles. The van der Waals surface area contributed by atoms with Crippen molar-refractivity contribution in [2.45, 2.75) is 31.7 Å². The number of nitrogens with one attached hydrogen (secondary N) is 1. The predicted molar refractivity (Wildman–Crippen MR) is 80.4 cm³/mol. The molecular weight excluding hydrogens is 356 g/mol. The van der Waals surface area contributed by atoms with Gasteiger partial charge in [0.15, 0.2) is 0 Å². The largest absolute Gasteiger partial charge is 0.311 e. The molecule has 4 unspecified atom stereocenters. The van der Waals surface area contributed by atoms with Gasteiger partial charge in [-0.15, -0.1) is 0 Å². The van der Waals surface area contributed by atoms with Crippen LogP contribution in [0, 0.1) is 17.8 Å². The van der Waals surface area contributed by atoms with E-state index in [-0.39, 0.29) is 0 Å². The Morgan fingerprint density at radius 2 is 2.17 bits per heavy atom. The second kappa shape index (κ2) is 5.22. The van der Waals surface area contributed by atoms with Gasteiger partial charge in [0, 0.05) is 15.1 Å². The summed E-state index contributed by atoms with van der Waals surface area (Å²) in [5, 5.41) is 3.50. The lowest BCUT2D eigenvalue weighted by Crippen LogP contribution is -2.30. The van der Waals surface area contributed by atoms with Crippen LogP contribution in [0.5, 0.6) is 0 Å². The van der Waals surface area contributed by atoms with Gasteiger partial charge in [0.2, 0.25) is 0 Å². The second-order valence-corrected chi connectivity index (χ2v) is 7.40. The summed E-state index contributed by atoms with van der Waals surface area (Å²) in [5.41, 5.74) is 1.17. The van der Waals surface area contributed by atoms with Crippen LogP contribution in [-0.4, -0.2) is 12.0 Å². The number of hydrogen-bond donors (Lipinski definition) is 1. The maximum atomic E-state index is 4.62. The van der Waals surface area contributed by atoms with Crippen LogP contribution in [0.15, 0.2) is 21.2 Å². The van der Waals surface area contributed by atoms with Gasteiger partial charge in [-0.05, 0) is 82.0 Å². The molecule has 2 fully saturated rings. The molecule has 3 rings (SSSR count). The van der Waals surface area contributed by atoms with Crippen molar-refractivity contribution in [2.24, 2.45) is 17.8 Å². The minimum Gasteiger partial charge on any atom is -0.311 e. The van der Waals surface area contributed by atoms with E-state index in [0.717, 1.165) is 26.7 Å². The van der Waals surface area contributed by atoms with Crippen molar-refractivity contribution in [3.05, 3.63) is 26.9 Å². The highest BCUT2D eigenvalue weighted by molar-refractivity contribution is 9.11. The molecular formula is C14H18Br2N2. The second-order valence-electron chi connectivity index (χ2n) is 5.63. The summed E-state index contributed by atoms with van der Waals surface area (Å²) in [6.07, 6.45) is 7.59. The Hall–Kier alpha value is 0.0700. The highest BCUT2D eigenvalue weighted by Crippen LogP contribution is 2.52. The summed E-state index contributed by atoms with van der Waals surface area (Å²) in [7, 11) is 2.06. The Morgan fingerprint density at radius 1 is 1.33 bits per heavy atom. The van der Waals surface area contributed by atoms with Gasteiger partial charge < -0.3 is 5.32 Å². The van der Waals surface area contributed by atoms with Crippen LogP contribution >= 0.6 is 31.9 Å². The Bertz CT molecular complexity index is 449. The van der Waals surface area contributed by atoms with Crippen molar-refractivity contribution < 1.29 is 0 Å². The van der Waals surface area contributed by atoms with E-state index in [4.69, 9.17) is 0 Å². The molecule has 0 amide bonds. The molecule has 4 heteroatoms. The Kier molecular flexibility index (Phi) is 3.79. The molecule has 0 radical (unpaired) electrons. The third-order valence-electron chi connectivity index (χ3n) is 4.66. The van der Waals surface area contributed by atoms with Crippen LogP contribution in [0.1, 0.15) is 37.4 Å². The van der Waals surface area contributed by atoms with Crippen LogP contribution in [-0.2, 0) is 0 Å². The molecule has 1 aromatic rings. The van der Waals surface area contributed by atoms with Crippen molar-refractivity contribution >= 4 is 31.9 Å². The molecule has 1 aromatic heterocycles. The van der Waals surface area contributed by atoms with Gasteiger partial charge in [-0.3, -0.25) is 4.98 Å². The SMILES string of the molecule is CNC(c1ncc(Br)cc1Br)C1CC2CCC1C2. The fourth-order valence-corrected chi connectivity index (χ4v) is 5.14. The number of pyridine rings is 1. The van der Waals surface area contributed by atoms with Gasteiger partial charge in [-0.2, -0.15) is 0 Å². The van der Waals surface area contributed by atoms with Crippen LogP contribution in [0.2, 0.25) is 0 Å². The standard InChI is InChI=1S/C14H18Br2N2/c1-17-13(11-5-8-2-3-9(11)4-8)14-12(16)6-10(15)7-18-14/h6-9,11,13,17H,2-5H2,1H3. The monoisotopic (exact) mass is 372 g/mol. The highest BCUT2D eigenvalue weighted by atomic mass is 79.9. The number of fused-ring (bicyclic) bond motifs is 2. The number of hydrogen-bond acceptors (Lipinski definition) is 2. The lowest BCUT2D eigenvalue weighted by Gasteiger charge is -2.30. The van der Waals surface area contributed by atoms with Crippen LogP contribution in [0.4, 0.5) is 0 Å². The zero-order valence-corrected chi connectivity index (χ0v) is 13.7. The van der Waals surface area contributed by atoms with Crippen molar-refractivity contribution in [2.75, 3.05) is 7.05 Å². The zero-order valence-electron chi connectivity index (χ0n) is 10.5. The zero-order chi connectivity index (χ0) is 12.7. The molecule has 18 heavy (non-hydrogen) atoms. The molecule has 4 atom stereocenters. The Labute approximate surface area is 125 Å². The maximum Gasteiger partial charge on any atom is 0.0718 e. The molecule has 2 nitrogen and oxygen atoms in total. The summed E-state index contributed by atoms with van der Waals surface area (Å²) >= 11 is 7.13. The van der Waals surface area contributed by atoms with E-state index in [0.29, 0.717) is 6.04 Å². The lowest BCUT2D eigenvalue weighted by atomic mass is 9.82. The van der Waals surface area contributed by atoms with Crippen molar-refractivity contribution in [1.29, 1.82) is 0 Å². The Morgan fingerprint density at radius 3 is 2.72 bits per heavy atom. The predicted octanol–water partition coefficient (Wildman–Crippen LogP) is 4.30. The lowest BCUT2D eigenvalue weighted by molar-refractivity contribution is 0.255. The van der Waals surface area contributed by atoms with Gasteiger partial charge in [0.1, 0.15) is 0 Å². The molecule has 0 saturated heterocycles. The van der Waals surface area contributed by atoms with E-state index in [9.17, 15) is 0 Å². The van der Waals surface area contributed by atoms with Crippen LogP contribution in [0.3, 0.4) is 0 Å². The third kappa shape index (κ3) is 2.27. The summed E-state index contributed by atoms with van der Waals surface area (Å²) in [6.45, 7) is 0. The maximum absolute atomic E-state index is 4.62. The van der Waals surface area contributed by atoms with Crippen LogP contribution < -0.4 is 5.32 Å². The van der Waals surface area contributed by atoms with E-state index in [2.05, 4.69) is 55.3 Å². The minimum atomic E-state index is 0.391. The van der Waals surface area contributed by atoms with E-state index in [1.165, 1.54) is 31.4 Å². The van der Waals surface area contributed by atoms with Crippen LogP contribution in [0.25, 0.3) is 0 Å². The fourth-order valence-electron chi connectivity index (χ4n) is 3.91. The third-order valence-corrected chi connectivity index (χ3v) is 5.73. The van der Waals surface area contributed by atoms with E-state index >= 15 is 0 Å². The molecule has 0 aliphatic heterocycles. The van der Waals surface area contributed by atoms with E-state index in [1.807, 2.05) is 6.20 Å². The smallest absolute Gasteiger partial charge is 0.0718 e. The fraction of sp³-hybridized carbons (Fsp3) is 0.643. The molecule has 2 bridgehead atoms. The van der Waals surface area contributed by atoms with Gasteiger partial charge >= 0.3 is 0 Å². The molecule has 1 N–H and O–H groups in total. The van der Waals surface area contributed by atoms with Gasteiger partial charge in [-0.25, -0.2) is 0 Å². The number of nitrogens with zero attached hydrogens (tertiary/aromatic N) is 1. The first-order chi connectivity index (χ1) is 8.69. The molecule has 2 aliphatic rings. The van der Waals surface area contributed by atoms with Crippen molar-refractivity contribution in [3.63, 3.8) is 0 Å². The summed E-state index contributed by atoms with van der Waals surface area (Å²) in [6, 6.07) is 2.49. The van der Waals surface area contributed by atoms with Gasteiger partial charge in [0.25, 0.3) is 0 Å². The number of aromatic nitrogens is 1. The number of rotatable bonds is 3. The summed E-state index contributed by atoms with van der Waals surface area (Å²) < 4.78 is 2.14. The molecule has 0 aromatic carbocycles.